The third-order valence-electron chi connectivity index (χ3n) is 4.37. The zero-order valence-electron chi connectivity index (χ0n) is 14.6. The highest BCUT2D eigenvalue weighted by Crippen LogP contribution is 2.17. The number of piperazine rings is 1. The van der Waals surface area contributed by atoms with Crippen molar-refractivity contribution < 1.29 is 14.4 Å². The van der Waals surface area contributed by atoms with E-state index in [-0.39, 0.29) is 36.6 Å². The molecule has 25 heavy (non-hydrogen) atoms. The van der Waals surface area contributed by atoms with Gasteiger partial charge in [0.2, 0.25) is 17.7 Å². The van der Waals surface area contributed by atoms with Gasteiger partial charge in [-0.2, -0.15) is 0 Å². The van der Waals surface area contributed by atoms with E-state index in [2.05, 4.69) is 5.32 Å². The zero-order chi connectivity index (χ0) is 18.4. The minimum Gasteiger partial charge on any atom is -0.350 e. The SMILES string of the molecule is CC(=O)N1CCN(C(=O)CCC(=O)N[C@@H](C)c2cccc(Cl)c2)CC1. The van der Waals surface area contributed by atoms with Crippen molar-refractivity contribution in [2.75, 3.05) is 26.2 Å². The summed E-state index contributed by atoms with van der Waals surface area (Å²) >= 11 is 5.96. The van der Waals surface area contributed by atoms with Gasteiger partial charge in [0.25, 0.3) is 0 Å². The van der Waals surface area contributed by atoms with Gasteiger partial charge in [0, 0.05) is 51.0 Å². The third kappa shape index (κ3) is 5.74. The first-order valence-electron chi connectivity index (χ1n) is 8.45. The lowest BCUT2D eigenvalue weighted by atomic mass is 10.1. The van der Waals surface area contributed by atoms with Gasteiger partial charge in [0.1, 0.15) is 0 Å². The average Bonchev–Trinajstić information content (AvgIpc) is 2.59. The number of nitrogens with zero attached hydrogens (tertiary/aromatic N) is 2. The molecule has 7 heteroatoms. The number of hydrogen-bond acceptors (Lipinski definition) is 3. The molecule has 1 aliphatic rings. The number of halogens is 1. The van der Waals surface area contributed by atoms with Crippen LogP contribution in [0.3, 0.4) is 0 Å². The largest absolute Gasteiger partial charge is 0.350 e. The Hall–Kier alpha value is -2.08. The van der Waals surface area contributed by atoms with Crippen LogP contribution in [0.5, 0.6) is 0 Å². The highest BCUT2D eigenvalue weighted by atomic mass is 35.5. The molecular weight excluding hydrogens is 342 g/mol. The maximum atomic E-state index is 12.2. The van der Waals surface area contributed by atoms with Crippen LogP contribution in [0.25, 0.3) is 0 Å². The Kier molecular flexibility index (Phi) is 6.82. The summed E-state index contributed by atoms with van der Waals surface area (Å²) < 4.78 is 0. The molecule has 1 aromatic carbocycles. The number of nitrogens with one attached hydrogen (secondary N) is 1. The summed E-state index contributed by atoms with van der Waals surface area (Å²) in [5.74, 6) is -0.182. The topological polar surface area (TPSA) is 69.7 Å². The van der Waals surface area contributed by atoms with Gasteiger partial charge in [-0.1, -0.05) is 23.7 Å². The summed E-state index contributed by atoms with van der Waals surface area (Å²) in [7, 11) is 0. The lowest BCUT2D eigenvalue weighted by molar-refractivity contribution is -0.139. The summed E-state index contributed by atoms with van der Waals surface area (Å²) in [6, 6.07) is 7.16. The monoisotopic (exact) mass is 365 g/mol. The number of amides is 3. The number of benzene rings is 1. The molecule has 6 nitrogen and oxygen atoms in total. The van der Waals surface area contributed by atoms with E-state index in [9.17, 15) is 14.4 Å². The van der Waals surface area contributed by atoms with Crippen LogP contribution >= 0.6 is 11.6 Å². The van der Waals surface area contributed by atoms with Crippen molar-refractivity contribution in [1.29, 1.82) is 0 Å². The number of hydrogen-bond donors (Lipinski definition) is 1. The fourth-order valence-corrected chi connectivity index (χ4v) is 3.02. The van der Waals surface area contributed by atoms with Crippen LogP contribution in [0.1, 0.15) is 38.3 Å². The smallest absolute Gasteiger partial charge is 0.223 e. The second kappa shape index (κ2) is 8.85. The molecule has 1 aromatic rings. The number of rotatable bonds is 5. The molecule has 1 saturated heterocycles. The molecule has 1 heterocycles. The average molecular weight is 366 g/mol. The quantitative estimate of drug-likeness (QED) is 0.867. The van der Waals surface area contributed by atoms with E-state index in [0.717, 1.165) is 5.56 Å². The molecule has 136 valence electrons. The van der Waals surface area contributed by atoms with Crippen molar-refractivity contribution in [3.63, 3.8) is 0 Å². The molecule has 0 bridgehead atoms. The molecule has 3 amide bonds. The molecule has 0 spiro atoms. The number of carbonyl (C=O) groups excluding carboxylic acids is 3. The fraction of sp³-hybridized carbons (Fsp3) is 0.500. The van der Waals surface area contributed by atoms with Crippen molar-refractivity contribution in [3.8, 4) is 0 Å². The van der Waals surface area contributed by atoms with E-state index >= 15 is 0 Å². The van der Waals surface area contributed by atoms with Gasteiger partial charge in [-0.15, -0.1) is 0 Å². The van der Waals surface area contributed by atoms with Crippen molar-refractivity contribution in [1.82, 2.24) is 15.1 Å². The van der Waals surface area contributed by atoms with Crippen LogP contribution in [0.4, 0.5) is 0 Å². The summed E-state index contributed by atoms with van der Waals surface area (Å²) in [5, 5.41) is 3.51. The highest BCUT2D eigenvalue weighted by molar-refractivity contribution is 6.30. The Morgan fingerprint density at radius 2 is 1.76 bits per heavy atom. The molecule has 1 N–H and O–H groups in total. The van der Waals surface area contributed by atoms with E-state index in [1.165, 1.54) is 6.92 Å². The minimum atomic E-state index is -0.166. The number of carbonyl (C=O) groups is 3. The normalized spacial score (nSPS) is 15.6. The first-order chi connectivity index (χ1) is 11.9. The lowest BCUT2D eigenvalue weighted by Crippen LogP contribution is -2.50. The van der Waals surface area contributed by atoms with Gasteiger partial charge in [0.15, 0.2) is 0 Å². The maximum Gasteiger partial charge on any atom is 0.223 e. The first-order valence-corrected chi connectivity index (χ1v) is 8.82. The van der Waals surface area contributed by atoms with Crippen LogP contribution in [-0.2, 0) is 14.4 Å². The molecular formula is C18H24ClN3O3. The fourth-order valence-electron chi connectivity index (χ4n) is 2.82. The molecule has 1 fully saturated rings. The van der Waals surface area contributed by atoms with Crippen LogP contribution < -0.4 is 5.32 Å². The summed E-state index contributed by atoms with van der Waals surface area (Å²) in [4.78, 5) is 39.0. The Labute approximate surface area is 153 Å². The van der Waals surface area contributed by atoms with Crippen LogP contribution in [-0.4, -0.2) is 53.7 Å². The maximum absolute atomic E-state index is 12.2. The second-order valence-corrected chi connectivity index (χ2v) is 6.67. The first kappa shape index (κ1) is 19.2. The molecule has 0 radical (unpaired) electrons. The van der Waals surface area contributed by atoms with Gasteiger partial charge >= 0.3 is 0 Å². The molecule has 1 atom stereocenters. The molecule has 0 aliphatic carbocycles. The van der Waals surface area contributed by atoms with Crippen LogP contribution in [0, 0.1) is 0 Å². The summed E-state index contributed by atoms with van der Waals surface area (Å²) in [6.45, 7) is 5.57. The van der Waals surface area contributed by atoms with Crippen molar-refractivity contribution >= 4 is 29.3 Å². The molecule has 0 unspecified atom stereocenters. The molecule has 0 aromatic heterocycles. The van der Waals surface area contributed by atoms with E-state index in [1.54, 1.807) is 15.9 Å². The standard InChI is InChI=1S/C18H24ClN3O3/c1-13(15-4-3-5-16(19)12-15)20-17(24)6-7-18(25)22-10-8-21(9-11-22)14(2)23/h3-5,12-13H,6-11H2,1-2H3,(H,20,24)/t13-/m0/s1. The van der Waals surface area contributed by atoms with Crippen molar-refractivity contribution in [2.45, 2.75) is 32.7 Å². The molecule has 1 aliphatic heterocycles. The van der Waals surface area contributed by atoms with Crippen molar-refractivity contribution in [3.05, 3.63) is 34.9 Å². The second-order valence-electron chi connectivity index (χ2n) is 6.23. The Morgan fingerprint density at radius 3 is 2.36 bits per heavy atom. The van der Waals surface area contributed by atoms with E-state index < -0.39 is 0 Å². The summed E-state index contributed by atoms with van der Waals surface area (Å²) in [5.41, 5.74) is 0.924. The lowest BCUT2D eigenvalue weighted by Gasteiger charge is -2.34. The van der Waals surface area contributed by atoms with Crippen molar-refractivity contribution in [2.24, 2.45) is 0 Å². The van der Waals surface area contributed by atoms with Gasteiger partial charge in [-0.25, -0.2) is 0 Å². The molecule has 0 saturated carbocycles. The van der Waals surface area contributed by atoms with Crippen LogP contribution in [0.2, 0.25) is 5.02 Å². The van der Waals surface area contributed by atoms with Gasteiger partial charge in [-0.3, -0.25) is 14.4 Å². The zero-order valence-corrected chi connectivity index (χ0v) is 15.4. The van der Waals surface area contributed by atoms with Gasteiger partial charge in [-0.05, 0) is 24.6 Å². The third-order valence-corrected chi connectivity index (χ3v) is 4.60. The Morgan fingerprint density at radius 1 is 1.12 bits per heavy atom. The van der Waals surface area contributed by atoms with Crippen LogP contribution in [0.15, 0.2) is 24.3 Å². The Balaban J connectivity index is 1.74. The van der Waals surface area contributed by atoms with E-state index in [1.807, 2.05) is 25.1 Å². The van der Waals surface area contributed by atoms with Gasteiger partial charge in [0.05, 0.1) is 6.04 Å². The Bertz CT molecular complexity index is 642. The summed E-state index contributed by atoms with van der Waals surface area (Å²) in [6.07, 6.45) is 0.324. The minimum absolute atomic E-state index is 0.0291. The van der Waals surface area contributed by atoms with E-state index in [0.29, 0.717) is 31.2 Å². The van der Waals surface area contributed by atoms with E-state index in [4.69, 9.17) is 11.6 Å². The molecule has 2 rings (SSSR count). The highest BCUT2D eigenvalue weighted by Gasteiger charge is 2.22. The predicted molar refractivity (Wildman–Crippen MR) is 96.1 cm³/mol. The predicted octanol–water partition coefficient (Wildman–Crippen LogP) is 1.99. The van der Waals surface area contributed by atoms with Gasteiger partial charge < -0.3 is 15.1 Å².